The molecule has 0 saturated carbocycles. The number of hydrogen-bond acceptors (Lipinski definition) is 2. The van der Waals surface area contributed by atoms with Crippen LogP contribution in [0.2, 0.25) is 0 Å². The molecule has 1 rings (SSSR count). The molecule has 0 aliphatic heterocycles. The molecule has 0 saturated heterocycles. The van der Waals surface area contributed by atoms with Crippen molar-refractivity contribution in [2.45, 2.75) is 33.1 Å². The Labute approximate surface area is 118 Å². The number of nitrogens with one attached hydrogen (secondary N) is 1. The summed E-state index contributed by atoms with van der Waals surface area (Å²) >= 11 is 2.33. The number of rotatable bonds is 6. The normalized spacial score (nSPS) is 10.9. The van der Waals surface area contributed by atoms with Gasteiger partial charge >= 0.3 is 0 Å². The van der Waals surface area contributed by atoms with Crippen molar-refractivity contribution in [2.24, 2.45) is 5.41 Å². The number of para-hydroxylation sites is 1. The largest absolute Gasteiger partial charge is 0.384 e. The number of unbranched alkanes of at least 4 members (excludes halogenated alkanes) is 1. The maximum Gasteiger partial charge on any atom is 0.0683 e. The third kappa shape index (κ3) is 5.40. The van der Waals surface area contributed by atoms with Crippen LogP contribution >= 0.6 is 22.6 Å². The summed E-state index contributed by atoms with van der Waals surface area (Å²) in [5.41, 5.74) is 1.02. The highest BCUT2D eigenvalue weighted by Crippen LogP contribution is 2.22. The van der Waals surface area contributed by atoms with Gasteiger partial charge in [0.15, 0.2) is 0 Å². The summed E-state index contributed by atoms with van der Waals surface area (Å²) < 4.78 is 1.25. The molecule has 0 atom stereocenters. The van der Waals surface area contributed by atoms with Gasteiger partial charge in [0.05, 0.1) is 11.5 Å². The minimum absolute atomic E-state index is 0.179. The quantitative estimate of drug-likeness (QED) is 0.613. The average molecular weight is 342 g/mol. The molecule has 1 aromatic rings. The van der Waals surface area contributed by atoms with Gasteiger partial charge in [-0.3, -0.25) is 0 Å². The molecule has 0 spiro atoms. The lowest BCUT2D eigenvalue weighted by Gasteiger charge is -2.14. The Bertz CT molecular complexity index is 393. The standard InChI is InChI=1S/C14H19IN2/c1-14(2,11-16)9-5-6-10-17-13-8-4-3-7-12(13)15/h3-4,7-8,17H,5-6,9-10H2,1-2H3. The van der Waals surface area contributed by atoms with Crippen LogP contribution < -0.4 is 5.32 Å². The monoisotopic (exact) mass is 342 g/mol. The fourth-order valence-electron chi connectivity index (χ4n) is 1.58. The number of hydrogen-bond donors (Lipinski definition) is 1. The van der Waals surface area contributed by atoms with Crippen LogP contribution in [0.5, 0.6) is 0 Å². The highest BCUT2D eigenvalue weighted by atomic mass is 127. The van der Waals surface area contributed by atoms with Crippen LogP contribution in [0.15, 0.2) is 24.3 Å². The van der Waals surface area contributed by atoms with Crippen molar-refractivity contribution in [1.82, 2.24) is 0 Å². The number of benzene rings is 1. The Balaban J connectivity index is 2.22. The van der Waals surface area contributed by atoms with Crippen LogP contribution in [0.4, 0.5) is 5.69 Å². The molecule has 92 valence electrons. The van der Waals surface area contributed by atoms with E-state index in [-0.39, 0.29) is 5.41 Å². The van der Waals surface area contributed by atoms with Crippen molar-refractivity contribution >= 4 is 28.3 Å². The maximum atomic E-state index is 8.90. The number of nitrogens with zero attached hydrogens (tertiary/aromatic N) is 1. The molecule has 3 heteroatoms. The van der Waals surface area contributed by atoms with Gasteiger partial charge in [0.2, 0.25) is 0 Å². The molecular formula is C14H19IN2. The molecule has 17 heavy (non-hydrogen) atoms. The van der Waals surface area contributed by atoms with Crippen molar-refractivity contribution < 1.29 is 0 Å². The lowest BCUT2D eigenvalue weighted by Crippen LogP contribution is -2.09. The molecule has 1 aromatic carbocycles. The van der Waals surface area contributed by atoms with Crippen molar-refractivity contribution in [1.29, 1.82) is 5.26 Å². The van der Waals surface area contributed by atoms with E-state index < -0.39 is 0 Å². The van der Waals surface area contributed by atoms with Gasteiger partial charge < -0.3 is 5.32 Å². The van der Waals surface area contributed by atoms with Crippen LogP contribution in [-0.2, 0) is 0 Å². The maximum absolute atomic E-state index is 8.90. The molecule has 0 radical (unpaired) electrons. The summed E-state index contributed by atoms with van der Waals surface area (Å²) in [5.74, 6) is 0. The zero-order valence-corrected chi connectivity index (χ0v) is 12.6. The molecule has 0 fully saturated rings. The number of nitriles is 1. The fourth-order valence-corrected chi connectivity index (χ4v) is 2.15. The summed E-state index contributed by atoms with van der Waals surface area (Å²) in [6.07, 6.45) is 3.17. The van der Waals surface area contributed by atoms with Gasteiger partial charge in [0, 0.05) is 15.8 Å². The first-order valence-electron chi connectivity index (χ1n) is 5.95. The Hall–Kier alpha value is -0.760. The minimum atomic E-state index is -0.179. The molecular weight excluding hydrogens is 323 g/mol. The first-order valence-corrected chi connectivity index (χ1v) is 7.03. The third-order valence-corrected chi connectivity index (χ3v) is 3.66. The summed E-state index contributed by atoms with van der Waals surface area (Å²) in [6, 6.07) is 10.6. The SMILES string of the molecule is CC(C)(C#N)CCCCNc1ccccc1I. The number of halogens is 1. The molecule has 0 amide bonds. The summed E-state index contributed by atoms with van der Waals surface area (Å²) in [4.78, 5) is 0. The van der Waals surface area contributed by atoms with E-state index in [1.807, 2.05) is 26.0 Å². The van der Waals surface area contributed by atoms with Gasteiger partial charge in [-0.25, -0.2) is 0 Å². The highest BCUT2D eigenvalue weighted by molar-refractivity contribution is 14.1. The Morgan fingerprint density at radius 2 is 2.00 bits per heavy atom. The van der Waals surface area contributed by atoms with E-state index in [1.165, 1.54) is 9.26 Å². The fraction of sp³-hybridized carbons (Fsp3) is 0.500. The second kappa shape index (κ2) is 6.85. The summed E-state index contributed by atoms with van der Waals surface area (Å²) in [7, 11) is 0. The predicted octanol–water partition coefficient (Wildman–Crippen LogP) is 4.42. The molecule has 0 aliphatic carbocycles. The zero-order valence-electron chi connectivity index (χ0n) is 10.5. The Morgan fingerprint density at radius 1 is 1.29 bits per heavy atom. The topological polar surface area (TPSA) is 35.8 Å². The summed E-state index contributed by atoms with van der Waals surface area (Å²) in [5, 5.41) is 12.3. The molecule has 0 heterocycles. The van der Waals surface area contributed by atoms with Gasteiger partial charge in [0.25, 0.3) is 0 Å². The van der Waals surface area contributed by atoms with E-state index >= 15 is 0 Å². The smallest absolute Gasteiger partial charge is 0.0683 e. The van der Waals surface area contributed by atoms with Crippen molar-refractivity contribution in [3.8, 4) is 6.07 Å². The lowest BCUT2D eigenvalue weighted by atomic mass is 9.89. The second-order valence-corrected chi connectivity index (χ2v) is 6.02. The molecule has 0 aromatic heterocycles. The zero-order chi connectivity index (χ0) is 12.7. The van der Waals surface area contributed by atoms with Crippen molar-refractivity contribution in [3.63, 3.8) is 0 Å². The van der Waals surface area contributed by atoms with E-state index in [9.17, 15) is 0 Å². The van der Waals surface area contributed by atoms with Gasteiger partial charge in [-0.1, -0.05) is 18.6 Å². The minimum Gasteiger partial charge on any atom is -0.384 e. The number of anilines is 1. The lowest BCUT2D eigenvalue weighted by molar-refractivity contribution is 0.430. The van der Waals surface area contributed by atoms with E-state index in [1.54, 1.807) is 0 Å². The molecule has 1 N–H and O–H groups in total. The summed E-state index contributed by atoms with van der Waals surface area (Å²) in [6.45, 7) is 4.97. The van der Waals surface area contributed by atoms with Crippen molar-refractivity contribution in [3.05, 3.63) is 27.8 Å². The van der Waals surface area contributed by atoms with Crippen LogP contribution in [0.3, 0.4) is 0 Å². The first kappa shape index (κ1) is 14.3. The van der Waals surface area contributed by atoms with E-state index in [0.29, 0.717) is 0 Å². The molecule has 0 bridgehead atoms. The molecule has 0 unspecified atom stereocenters. The predicted molar refractivity (Wildman–Crippen MR) is 80.9 cm³/mol. The van der Waals surface area contributed by atoms with Gasteiger partial charge in [-0.15, -0.1) is 0 Å². The van der Waals surface area contributed by atoms with Crippen molar-refractivity contribution in [2.75, 3.05) is 11.9 Å². The Kier molecular flexibility index (Phi) is 5.76. The Morgan fingerprint density at radius 3 is 2.65 bits per heavy atom. The van der Waals surface area contributed by atoms with Gasteiger partial charge in [0.1, 0.15) is 0 Å². The highest BCUT2D eigenvalue weighted by Gasteiger charge is 2.15. The van der Waals surface area contributed by atoms with Crippen LogP contribution in [0.1, 0.15) is 33.1 Å². The van der Waals surface area contributed by atoms with E-state index in [2.05, 4.69) is 46.1 Å². The average Bonchev–Trinajstić information content (AvgIpc) is 2.31. The molecule has 2 nitrogen and oxygen atoms in total. The first-order chi connectivity index (χ1) is 8.05. The van der Waals surface area contributed by atoms with Crippen LogP contribution in [-0.4, -0.2) is 6.54 Å². The van der Waals surface area contributed by atoms with Gasteiger partial charge in [-0.05, 0) is 61.4 Å². The third-order valence-electron chi connectivity index (χ3n) is 2.72. The van der Waals surface area contributed by atoms with E-state index in [4.69, 9.17) is 5.26 Å². The van der Waals surface area contributed by atoms with Gasteiger partial charge in [-0.2, -0.15) is 5.26 Å². The van der Waals surface area contributed by atoms with E-state index in [0.717, 1.165) is 25.8 Å². The van der Waals surface area contributed by atoms with Crippen LogP contribution in [0, 0.1) is 20.3 Å². The van der Waals surface area contributed by atoms with Crippen LogP contribution in [0.25, 0.3) is 0 Å². The second-order valence-electron chi connectivity index (χ2n) is 4.86. The molecule has 0 aliphatic rings.